The number of likely N-dealkylation sites (tertiary alicyclic amines) is 1. The van der Waals surface area contributed by atoms with Crippen LogP contribution in [0.2, 0.25) is 0 Å². The van der Waals surface area contributed by atoms with E-state index in [2.05, 4.69) is 67.9 Å². The molecule has 0 amide bonds. The molecule has 33 heavy (non-hydrogen) atoms. The van der Waals surface area contributed by atoms with E-state index in [0.717, 1.165) is 44.4 Å². The summed E-state index contributed by atoms with van der Waals surface area (Å²) in [6.07, 6.45) is 3.69. The highest BCUT2D eigenvalue weighted by molar-refractivity contribution is 14.0. The number of nitrogens with one attached hydrogen (secondary N) is 2. The Kier molecular flexibility index (Phi) is 10.1. The average Bonchev–Trinajstić information content (AvgIpc) is 3.49. The Bertz CT molecular complexity index is 878. The molecular formula is C26H38IN5O. The third-order valence-electron chi connectivity index (χ3n) is 6.73. The second-order valence-corrected chi connectivity index (χ2v) is 8.86. The molecule has 2 fully saturated rings. The zero-order valence-corrected chi connectivity index (χ0v) is 22.2. The molecule has 0 spiro atoms. The van der Waals surface area contributed by atoms with E-state index < -0.39 is 0 Å². The number of benzene rings is 2. The van der Waals surface area contributed by atoms with Crippen LogP contribution in [0.5, 0.6) is 5.75 Å². The number of rotatable bonds is 8. The van der Waals surface area contributed by atoms with Crippen molar-refractivity contribution in [3.8, 4) is 5.75 Å². The first-order valence-electron chi connectivity index (χ1n) is 11.9. The van der Waals surface area contributed by atoms with Gasteiger partial charge in [0.2, 0.25) is 0 Å². The fourth-order valence-electron chi connectivity index (χ4n) is 4.94. The maximum atomic E-state index is 5.54. The fourth-order valence-corrected chi connectivity index (χ4v) is 4.94. The number of aliphatic imine (C=N–C) groups is 1. The number of hydrogen-bond acceptors (Lipinski definition) is 4. The van der Waals surface area contributed by atoms with Crippen molar-refractivity contribution in [2.75, 3.05) is 51.8 Å². The van der Waals surface area contributed by atoms with E-state index in [1.807, 2.05) is 19.2 Å². The number of para-hydroxylation sites is 2. The minimum absolute atomic E-state index is 0. The van der Waals surface area contributed by atoms with Crippen LogP contribution in [0, 0.1) is 5.92 Å². The van der Waals surface area contributed by atoms with Crippen LogP contribution in [0.3, 0.4) is 0 Å². The minimum Gasteiger partial charge on any atom is -0.495 e. The molecule has 6 nitrogen and oxygen atoms in total. The lowest BCUT2D eigenvalue weighted by molar-refractivity contribution is 0.245. The third-order valence-corrected chi connectivity index (χ3v) is 6.73. The van der Waals surface area contributed by atoms with Crippen molar-refractivity contribution in [1.29, 1.82) is 0 Å². The van der Waals surface area contributed by atoms with Crippen LogP contribution in [0.25, 0.3) is 0 Å². The highest BCUT2D eigenvalue weighted by Gasteiger charge is 2.26. The zero-order valence-electron chi connectivity index (χ0n) is 19.9. The van der Waals surface area contributed by atoms with E-state index in [9.17, 15) is 0 Å². The van der Waals surface area contributed by atoms with Gasteiger partial charge in [0, 0.05) is 45.8 Å². The molecule has 2 saturated heterocycles. The van der Waals surface area contributed by atoms with Gasteiger partial charge in [-0.2, -0.15) is 0 Å². The van der Waals surface area contributed by atoms with Crippen molar-refractivity contribution in [3.63, 3.8) is 0 Å². The van der Waals surface area contributed by atoms with Gasteiger partial charge in [0.05, 0.1) is 12.8 Å². The standard InChI is InChI=1S/C26H37N5O.HI/c1-27-26(29-18-23-11-8-15-30(23)19-21-9-4-3-5-10-21)28-17-22-14-16-31(20-22)24-12-6-7-13-25(24)32-2;/h3-7,9-10,12-13,22-23H,8,11,14-20H2,1-2H3,(H2,27,28,29);1H. The molecule has 0 bridgehead atoms. The number of anilines is 1. The summed E-state index contributed by atoms with van der Waals surface area (Å²) in [5.41, 5.74) is 2.59. The summed E-state index contributed by atoms with van der Waals surface area (Å²) in [4.78, 5) is 9.49. The molecule has 2 atom stereocenters. The van der Waals surface area contributed by atoms with Gasteiger partial charge >= 0.3 is 0 Å². The molecular weight excluding hydrogens is 525 g/mol. The Morgan fingerprint density at radius 3 is 2.55 bits per heavy atom. The Morgan fingerprint density at radius 1 is 1.00 bits per heavy atom. The van der Waals surface area contributed by atoms with Crippen LogP contribution in [0.15, 0.2) is 59.6 Å². The van der Waals surface area contributed by atoms with Crippen LogP contribution in [-0.2, 0) is 6.54 Å². The van der Waals surface area contributed by atoms with Crippen molar-refractivity contribution in [3.05, 3.63) is 60.2 Å². The van der Waals surface area contributed by atoms with E-state index in [1.165, 1.54) is 37.1 Å². The summed E-state index contributed by atoms with van der Waals surface area (Å²) in [6, 6.07) is 19.6. The molecule has 0 aliphatic carbocycles. The average molecular weight is 564 g/mol. The second kappa shape index (κ2) is 13.0. The molecule has 2 heterocycles. The smallest absolute Gasteiger partial charge is 0.191 e. The normalized spacial score (nSPS) is 21.0. The minimum atomic E-state index is 0. The lowest BCUT2D eigenvalue weighted by atomic mass is 10.1. The maximum absolute atomic E-state index is 5.54. The summed E-state index contributed by atoms with van der Waals surface area (Å²) in [7, 11) is 3.61. The Balaban J connectivity index is 0.00000306. The molecule has 0 saturated carbocycles. The molecule has 0 radical (unpaired) electrons. The molecule has 180 valence electrons. The van der Waals surface area contributed by atoms with E-state index in [4.69, 9.17) is 4.74 Å². The Labute approximate surface area is 215 Å². The van der Waals surface area contributed by atoms with Crippen LogP contribution >= 0.6 is 24.0 Å². The predicted octanol–water partition coefficient (Wildman–Crippen LogP) is 3.97. The van der Waals surface area contributed by atoms with Gasteiger partial charge in [0.1, 0.15) is 5.75 Å². The van der Waals surface area contributed by atoms with Crippen molar-refractivity contribution < 1.29 is 4.74 Å². The van der Waals surface area contributed by atoms with Crippen molar-refractivity contribution in [2.24, 2.45) is 10.9 Å². The third kappa shape index (κ3) is 6.99. The monoisotopic (exact) mass is 563 g/mol. The van der Waals surface area contributed by atoms with Crippen LogP contribution < -0.4 is 20.3 Å². The highest BCUT2D eigenvalue weighted by atomic mass is 127. The van der Waals surface area contributed by atoms with Crippen molar-refractivity contribution in [2.45, 2.75) is 31.8 Å². The molecule has 0 aromatic heterocycles. The number of hydrogen-bond donors (Lipinski definition) is 2. The summed E-state index contributed by atoms with van der Waals surface area (Å²) in [6.45, 7) is 6.18. The molecule has 2 unspecified atom stereocenters. The highest BCUT2D eigenvalue weighted by Crippen LogP contribution is 2.31. The first kappa shape index (κ1) is 25.6. The number of guanidine groups is 1. The molecule has 2 aromatic rings. The lowest BCUT2D eigenvalue weighted by Gasteiger charge is -2.26. The molecule has 2 N–H and O–H groups in total. The van der Waals surface area contributed by atoms with E-state index in [-0.39, 0.29) is 24.0 Å². The first-order valence-corrected chi connectivity index (χ1v) is 11.9. The van der Waals surface area contributed by atoms with Crippen LogP contribution in [-0.4, -0.2) is 63.8 Å². The maximum Gasteiger partial charge on any atom is 0.191 e. The Morgan fingerprint density at radius 2 is 1.76 bits per heavy atom. The molecule has 7 heteroatoms. The van der Waals surface area contributed by atoms with Gasteiger partial charge in [-0.1, -0.05) is 42.5 Å². The molecule has 4 rings (SSSR count). The van der Waals surface area contributed by atoms with Crippen LogP contribution in [0.4, 0.5) is 5.69 Å². The van der Waals surface area contributed by atoms with Crippen molar-refractivity contribution in [1.82, 2.24) is 15.5 Å². The van der Waals surface area contributed by atoms with Gasteiger partial charge in [-0.3, -0.25) is 9.89 Å². The molecule has 2 aromatic carbocycles. The first-order chi connectivity index (χ1) is 15.8. The SMILES string of the molecule is CN=C(NCC1CCN(c2ccccc2OC)C1)NCC1CCCN1Cc1ccccc1.I. The Hall–Kier alpha value is -2.00. The molecule has 2 aliphatic rings. The van der Waals surface area contributed by atoms with E-state index in [0.29, 0.717) is 12.0 Å². The van der Waals surface area contributed by atoms with Gasteiger partial charge in [0.15, 0.2) is 5.96 Å². The topological polar surface area (TPSA) is 52.1 Å². The molecule has 2 aliphatic heterocycles. The number of ether oxygens (including phenoxy) is 1. The van der Waals surface area contributed by atoms with Gasteiger partial charge in [-0.15, -0.1) is 24.0 Å². The van der Waals surface area contributed by atoms with Crippen molar-refractivity contribution >= 4 is 35.6 Å². The summed E-state index contributed by atoms with van der Waals surface area (Å²) < 4.78 is 5.54. The quantitative estimate of drug-likeness (QED) is 0.289. The number of methoxy groups -OCH3 is 1. The summed E-state index contributed by atoms with van der Waals surface area (Å²) in [5.74, 6) is 2.46. The van der Waals surface area contributed by atoms with E-state index >= 15 is 0 Å². The summed E-state index contributed by atoms with van der Waals surface area (Å²) in [5, 5.41) is 7.14. The van der Waals surface area contributed by atoms with E-state index in [1.54, 1.807) is 7.11 Å². The summed E-state index contributed by atoms with van der Waals surface area (Å²) >= 11 is 0. The second-order valence-electron chi connectivity index (χ2n) is 8.86. The fraction of sp³-hybridized carbons (Fsp3) is 0.500. The van der Waals surface area contributed by atoms with Crippen LogP contribution in [0.1, 0.15) is 24.8 Å². The van der Waals surface area contributed by atoms with Gasteiger partial charge < -0.3 is 20.3 Å². The van der Waals surface area contributed by atoms with Gasteiger partial charge in [-0.05, 0) is 49.4 Å². The largest absolute Gasteiger partial charge is 0.495 e. The number of halogens is 1. The van der Waals surface area contributed by atoms with Gasteiger partial charge in [0.25, 0.3) is 0 Å². The zero-order chi connectivity index (χ0) is 22.2. The number of nitrogens with zero attached hydrogens (tertiary/aromatic N) is 3. The lowest BCUT2D eigenvalue weighted by Crippen LogP contribution is -2.45. The van der Waals surface area contributed by atoms with Gasteiger partial charge in [-0.25, -0.2) is 0 Å². The predicted molar refractivity (Wildman–Crippen MR) is 148 cm³/mol.